The van der Waals surface area contributed by atoms with Gasteiger partial charge in [0.15, 0.2) is 0 Å². The number of fused-ring (bicyclic) bond motifs is 1. The Morgan fingerprint density at radius 2 is 1.75 bits per heavy atom. The summed E-state index contributed by atoms with van der Waals surface area (Å²) in [6, 6.07) is 13.6. The molecular formula is C17H11F2NO4. The van der Waals surface area contributed by atoms with Crippen molar-refractivity contribution in [2.45, 2.75) is 6.61 Å². The molecule has 122 valence electrons. The zero-order valence-electron chi connectivity index (χ0n) is 12.1. The van der Waals surface area contributed by atoms with Crippen molar-refractivity contribution >= 4 is 16.9 Å². The van der Waals surface area contributed by atoms with E-state index < -0.39 is 23.7 Å². The van der Waals surface area contributed by atoms with E-state index in [1.165, 1.54) is 24.3 Å². The van der Waals surface area contributed by atoms with Gasteiger partial charge in [0.1, 0.15) is 11.3 Å². The van der Waals surface area contributed by atoms with Crippen LogP contribution in [0.25, 0.3) is 16.6 Å². The van der Waals surface area contributed by atoms with Crippen LogP contribution in [-0.2, 0) is 0 Å². The molecule has 0 unspecified atom stereocenters. The summed E-state index contributed by atoms with van der Waals surface area (Å²) in [4.78, 5) is 23.9. The van der Waals surface area contributed by atoms with E-state index in [4.69, 9.17) is 0 Å². The van der Waals surface area contributed by atoms with Crippen molar-refractivity contribution in [2.75, 3.05) is 0 Å². The molecule has 0 saturated carbocycles. The number of aromatic carboxylic acids is 1. The quantitative estimate of drug-likeness (QED) is 0.796. The number of pyridine rings is 1. The molecule has 3 rings (SSSR count). The predicted octanol–water partition coefficient (Wildman–Crippen LogP) is 3.29. The van der Waals surface area contributed by atoms with Crippen LogP contribution in [0.3, 0.4) is 0 Å². The first kappa shape index (κ1) is 15.7. The first-order chi connectivity index (χ1) is 11.5. The standard InChI is InChI=1S/C17H11F2NO4/c18-17(19)24-14-8-4-3-7-13(14)20-12-6-2-1-5-10(12)9-11(15(20)21)16(22)23/h1-9,17H,(H,22,23). The second-order valence-corrected chi connectivity index (χ2v) is 4.91. The van der Waals surface area contributed by atoms with Crippen LogP contribution in [0.4, 0.5) is 8.78 Å². The Hall–Kier alpha value is -3.22. The van der Waals surface area contributed by atoms with Gasteiger partial charge in [0.2, 0.25) is 0 Å². The number of benzene rings is 2. The third-order valence-corrected chi connectivity index (χ3v) is 3.46. The van der Waals surface area contributed by atoms with E-state index in [9.17, 15) is 23.5 Å². The molecule has 0 saturated heterocycles. The maximum Gasteiger partial charge on any atom is 0.387 e. The molecule has 0 aliphatic rings. The Labute approximate surface area is 134 Å². The summed E-state index contributed by atoms with van der Waals surface area (Å²) in [7, 11) is 0. The zero-order chi connectivity index (χ0) is 17.3. The Balaban J connectivity index is 2.40. The maximum absolute atomic E-state index is 12.6. The van der Waals surface area contributed by atoms with E-state index in [0.717, 1.165) is 4.57 Å². The number of ether oxygens (including phenoxy) is 1. The average Bonchev–Trinajstić information content (AvgIpc) is 2.54. The molecule has 24 heavy (non-hydrogen) atoms. The number of alkyl halides is 2. The summed E-state index contributed by atoms with van der Waals surface area (Å²) in [6.07, 6.45) is 0. The summed E-state index contributed by atoms with van der Waals surface area (Å²) >= 11 is 0. The fraction of sp³-hybridized carbons (Fsp3) is 0.0588. The average molecular weight is 331 g/mol. The van der Waals surface area contributed by atoms with Gasteiger partial charge in [-0.1, -0.05) is 30.3 Å². The van der Waals surface area contributed by atoms with Crippen molar-refractivity contribution < 1.29 is 23.4 Å². The lowest BCUT2D eigenvalue weighted by Gasteiger charge is -2.15. The molecule has 0 fully saturated rings. The van der Waals surface area contributed by atoms with Crippen LogP contribution in [0.15, 0.2) is 59.4 Å². The Bertz CT molecular complexity index is 982. The molecule has 0 spiro atoms. The summed E-state index contributed by atoms with van der Waals surface area (Å²) in [5, 5.41) is 9.73. The normalized spacial score (nSPS) is 11.0. The van der Waals surface area contributed by atoms with Crippen LogP contribution in [0.1, 0.15) is 10.4 Å². The first-order valence-electron chi connectivity index (χ1n) is 6.91. The zero-order valence-corrected chi connectivity index (χ0v) is 12.1. The first-order valence-corrected chi connectivity index (χ1v) is 6.91. The Kier molecular flexibility index (Phi) is 3.99. The number of halogens is 2. The molecule has 0 bridgehead atoms. The number of aromatic nitrogens is 1. The number of nitrogens with zero attached hydrogens (tertiary/aromatic N) is 1. The van der Waals surface area contributed by atoms with Gasteiger partial charge in [-0.15, -0.1) is 0 Å². The van der Waals surface area contributed by atoms with Crippen LogP contribution in [0.2, 0.25) is 0 Å². The van der Waals surface area contributed by atoms with Crippen molar-refractivity contribution in [3.8, 4) is 11.4 Å². The highest BCUT2D eigenvalue weighted by Gasteiger charge is 2.19. The van der Waals surface area contributed by atoms with Gasteiger partial charge in [0.05, 0.1) is 11.2 Å². The van der Waals surface area contributed by atoms with E-state index in [0.29, 0.717) is 10.9 Å². The molecule has 0 aliphatic heterocycles. The molecule has 7 heteroatoms. The molecule has 0 atom stereocenters. The minimum Gasteiger partial charge on any atom is -0.477 e. The minimum absolute atomic E-state index is 0.0436. The van der Waals surface area contributed by atoms with Crippen molar-refractivity contribution in [1.29, 1.82) is 0 Å². The van der Waals surface area contributed by atoms with E-state index in [1.54, 1.807) is 30.3 Å². The number of carboxylic acid groups (broad SMARTS) is 1. The summed E-state index contributed by atoms with van der Waals surface area (Å²) in [6.45, 7) is -3.07. The lowest BCUT2D eigenvalue weighted by atomic mass is 10.1. The van der Waals surface area contributed by atoms with E-state index in [1.807, 2.05) is 0 Å². The molecule has 1 aromatic heterocycles. The Morgan fingerprint density at radius 3 is 2.46 bits per heavy atom. The number of carbonyl (C=O) groups is 1. The van der Waals surface area contributed by atoms with Crippen LogP contribution in [0.5, 0.6) is 5.75 Å². The lowest BCUT2D eigenvalue weighted by Crippen LogP contribution is -2.26. The van der Waals surface area contributed by atoms with E-state index >= 15 is 0 Å². The summed E-state index contributed by atoms with van der Waals surface area (Å²) in [5.74, 6) is -1.62. The SMILES string of the molecule is O=C(O)c1cc2ccccc2n(-c2ccccc2OC(F)F)c1=O. The fourth-order valence-electron chi connectivity index (χ4n) is 2.49. The third-order valence-electron chi connectivity index (χ3n) is 3.46. The molecule has 2 aromatic carbocycles. The molecule has 1 heterocycles. The molecule has 1 N–H and O–H groups in total. The molecule has 0 amide bonds. The second kappa shape index (κ2) is 6.11. The number of para-hydroxylation sites is 3. The molecule has 0 radical (unpaired) electrons. The van der Waals surface area contributed by atoms with Gasteiger partial charge in [-0.25, -0.2) is 4.79 Å². The molecule has 5 nitrogen and oxygen atoms in total. The van der Waals surface area contributed by atoms with Gasteiger partial charge >= 0.3 is 12.6 Å². The largest absolute Gasteiger partial charge is 0.477 e. The monoisotopic (exact) mass is 331 g/mol. The van der Waals surface area contributed by atoms with Gasteiger partial charge in [-0.05, 0) is 29.7 Å². The van der Waals surface area contributed by atoms with Crippen LogP contribution < -0.4 is 10.3 Å². The van der Waals surface area contributed by atoms with Gasteiger partial charge in [-0.3, -0.25) is 9.36 Å². The fourth-order valence-corrected chi connectivity index (χ4v) is 2.49. The van der Waals surface area contributed by atoms with E-state index in [2.05, 4.69) is 4.74 Å². The van der Waals surface area contributed by atoms with Crippen LogP contribution in [-0.4, -0.2) is 22.3 Å². The number of carboxylic acids is 1. The van der Waals surface area contributed by atoms with Crippen LogP contribution in [0, 0.1) is 0 Å². The summed E-state index contributed by atoms with van der Waals surface area (Å²) < 4.78 is 30.8. The number of hydrogen-bond donors (Lipinski definition) is 1. The predicted molar refractivity (Wildman–Crippen MR) is 83.1 cm³/mol. The van der Waals surface area contributed by atoms with Gasteiger partial charge in [-0.2, -0.15) is 8.78 Å². The maximum atomic E-state index is 12.6. The lowest BCUT2D eigenvalue weighted by molar-refractivity contribution is -0.0498. The minimum atomic E-state index is -3.07. The van der Waals surface area contributed by atoms with Crippen molar-refractivity contribution in [1.82, 2.24) is 4.57 Å². The third kappa shape index (κ3) is 2.71. The molecular weight excluding hydrogens is 320 g/mol. The Morgan fingerprint density at radius 1 is 1.08 bits per heavy atom. The van der Waals surface area contributed by atoms with E-state index in [-0.39, 0.29) is 11.4 Å². The highest BCUT2D eigenvalue weighted by atomic mass is 19.3. The highest BCUT2D eigenvalue weighted by Crippen LogP contribution is 2.26. The van der Waals surface area contributed by atoms with Crippen molar-refractivity contribution in [3.05, 3.63) is 70.5 Å². The van der Waals surface area contributed by atoms with Crippen molar-refractivity contribution in [2.24, 2.45) is 0 Å². The molecule has 3 aromatic rings. The number of hydrogen-bond acceptors (Lipinski definition) is 3. The second-order valence-electron chi connectivity index (χ2n) is 4.91. The smallest absolute Gasteiger partial charge is 0.387 e. The van der Waals surface area contributed by atoms with Gasteiger partial charge in [0.25, 0.3) is 5.56 Å². The number of rotatable bonds is 4. The molecule has 0 aliphatic carbocycles. The highest BCUT2D eigenvalue weighted by molar-refractivity contribution is 5.93. The van der Waals surface area contributed by atoms with Gasteiger partial charge < -0.3 is 9.84 Å². The summed E-state index contributed by atoms with van der Waals surface area (Å²) in [5.41, 5.74) is -0.855. The van der Waals surface area contributed by atoms with Crippen LogP contribution >= 0.6 is 0 Å². The van der Waals surface area contributed by atoms with Gasteiger partial charge in [0, 0.05) is 0 Å². The topological polar surface area (TPSA) is 68.5 Å². The van der Waals surface area contributed by atoms with Crippen molar-refractivity contribution in [3.63, 3.8) is 0 Å².